The van der Waals surface area contributed by atoms with Crippen molar-refractivity contribution in [2.45, 2.75) is 32.1 Å². The molecule has 2 aliphatic rings. The molecule has 1 aliphatic carbocycles. The molecule has 0 aromatic heterocycles. The molecule has 3 aromatic carbocycles. The minimum Gasteiger partial charge on any atom is -0.454 e. The number of carbonyl (C=O) groups excluding carboxylic acids is 1. The van der Waals surface area contributed by atoms with Gasteiger partial charge in [0.25, 0.3) is 0 Å². The lowest BCUT2D eigenvalue weighted by molar-refractivity contribution is -0.118. The van der Waals surface area contributed by atoms with E-state index in [1.165, 1.54) is 0 Å². The zero-order valence-corrected chi connectivity index (χ0v) is 17.0. The quantitative estimate of drug-likeness (QED) is 0.648. The maximum absolute atomic E-state index is 13.2. The Kier molecular flexibility index (Phi) is 4.21. The van der Waals surface area contributed by atoms with Crippen molar-refractivity contribution in [2.24, 2.45) is 0 Å². The highest BCUT2D eigenvalue weighted by atomic mass is 16.7. The molecule has 1 aliphatic heterocycles. The van der Waals surface area contributed by atoms with Crippen molar-refractivity contribution in [3.63, 3.8) is 0 Å². The zero-order valence-electron chi connectivity index (χ0n) is 17.0. The van der Waals surface area contributed by atoms with Crippen molar-refractivity contribution >= 4 is 17.3 Å². The summed E-state index contributed by atoms with van der Waals surface area (Å²) in [5.74, 6) is 1.43. The fourth-order valence-corrected chi connectivity index (χ4v) is 4.02. The van der Waals surface area contributed by atoms with Crippen LogP contribution < -0.4 is 20.5 Å². The molecule has 1 radical (unpaired) electrons. The van der Waals surface area contributed by atoms with Crippen LogP contribution in [-0.4, -0.2) is 12.7 Å². The van der Waals surface area contributed by atoms with Gasteiger partial charge in [-0.05, 0) is 84.8 Å². The Balaban J connectivity index is 1.42. The second-order valence-corrected chi connectivity index (χ2v) is 8.16. The maximum atomic E-state index is 13.2. The number of nitrogens with one attached hydrogen (secondary N) is 2. The molecule has 2 N–H and O–H groups in total. The van der Waals surface area contributed by atoms with Crippen LogP contribution in [0.5, 0.6) is 11.5 Å². The number of aryl methyl sites for hydroxylation is 2. The number of anilines is 1. The van der Waals surface area contributed by atoms with Gasteiger partial charge in [-0.15, -0.1) is 0 Å². The fraction of sp³-hybridized carbons (Fsp3) is 0.240. The predicted molar refractivity (Wildman–Crippen MR) is 116 cm³/mol. The van der Waals surface area contributed by atoms with Crippen LogP contribution in [0, 0.1) is 13.8 Å². The number of ether oxygens (including phenoxy) is 2. The highest BCUT2D eigenvalue weighted by Gasteiger charge is 2.51. The Hall–Kier alpha value is -3.47. The molecule has 1 fully saturated rings. The first-order chi connectivity index (χ1) is 14.5. The van der Waals surface area contributed by atoms with Gasteiger partial charge in [0.2, 0.25) is 12.7 Å². The van der Waals surface area contributed by atoms with Gasteiger partial charge >= 0.3 is 0 Å². The van der Waals surface area contributed by atoms with Crippen molar-refractivity contribution in [3.05, 3.63) is 71.3 Å². The standard InChI is InChI=1S/C25H23N2O3/c1-15-4-7-19(13-20(15)17-5-3-16(2)21(26)11-17)27-24(28)25(9-10-25)18-6-8-22-23(12-18)30-14-29-22/h3-8,11-13,26H,9-10,14H2,1-2H3,(H,27,28). The predicted octanol–water partition coefficient (Wildman–Crippen LogP) is 5.28. The minimum atomic E-state index is -0.510. The summed E-state index contributed by atoms with van der Waals surface area (Å²) in [7, 11) is 0. The number of benzene rings is 3. The Morgan fingerprint density at radius 2 is 1.70 bits per heavy atom. The van der Waals surface area contributed by atoms with Crippen LogP contribution in [0.4, 0.5) is 11.4 Å². The van der Waals surface area contributed by atoms with E-state index in [0.29, 0.717) is 11.4 Å². The van der Waals surface area contributed by atoms with Crippen LogP contribution in [0.1, 0.15) is 29.5 Å². The molecule has 1 saturated carbocycles. The van der Waals surface area contributed by atoms with Crippen LogP contribution in [0.3, 0.4) is 0 Å². The second-order valence-electron chi connectivity index (χ2n) is 8.16. The Morgan fingerprint density at radius 3 is 2.47 bits per heavy atom. The lowest BCUT2D eigenvalue weighted by Gasteiger charge is -2.17. The monoisotopic (exact) mass is 399 g/mol. The van der Waals surface area contributed by atoms with E-state index >= 15 is 0 Å². The van der Waals surface area contributed by atoms with Gasteiger partial charge < -0.3 is 20.5 Å². The summed E-state index contributed by atoms with van der Waals surface area (Å²) in [6, 6.07) is 17.6. The van der Waals surface area contributed by atoms with Crippen molar-refractivity contribution in [1.29, 1.82) is 0 Å². The molecule has 0 saturated heterocycles. The number of hydrogen-bond acceptors (Lipinski definition) is 3. The molecule has 0 unspecified atom stereocenters. The summed E-state index contributed by atoms with van der Waals surface area (Å²) in [6.45, 7) is 4.20. The molecular formula is C25H23N2O3. The zero-order chi connectivity index (χ0) is 20.9. The first kappa shape index (κ1) is 18.6. The van der Waals surface area contributed by atoms with Crippen molar-refractivity contribution in [3.8, 4) is 22.6 Å². The van der Waals surface area contributed by atoms with E-state index in [-0.39, 0.29) is 12.7 Å². The van der Waals surface area contributed by atoms with Crippen molar-refractivity contribution in [2.75, 3.05) is 12.1 Å². The van der Waals surface area contributed by atoms with Gasteiger partial charge in [-0.2, -0.15) is 0 Å². The third kappa shape index (κ3) is 3.07. The van der Waals surface area contributed by atoms with E-state index in [2.05, 4.69) is 5.32 Å². The van der Waals surface area contributed by atoms with E-state index in [9.17, 15) is 4.79 Å². The van der Waals surface area contributed by atoms with E-state index < -0.39 is 5.41 Å². The molecule has 3 aromatic rings. The van der Waals surface area contributed by atoms with Gasteiger partial charge in [0, 0.05) is 5.69 Å². The third-order valence-electron chi connectivity index (χ3n) is 6.15. The number of fused-ring (bicyclic) bond motifs is 1. The molecule has 30 heavy (non-hydrogen) atoms. The SMILES string of the molecule is Cc1ccc(-c2cc(NC(=O)C3(c4ccc5c(c4)OCO5)CC3)ccc2C)cc1[NH]. The highest BCUT2D eigenvalue weighted by molar-refractivity contribution is 6.02. The number of amides is 1. The smallest absolute Gasteiger partial charge is 0.235 e. The topological polar surface area (TPSA) is 71.4 Å². The number of carbonyl (C=O) groups is 1. The maximum Gasteiger partial charge on any atom is 0.235 e. The largest absolute Gasteiger partial charge is 0.454 e. The summed E-state index contributed by atoms with van der Waals surface area (Å²) >= 11 is 0. The average molecular weight is 399 g/mol. The lowest BCUT2D eigenvalue weighted by Crippen LogP contribution is -2.27. The summed E-state index contributed by atoms with van der Waals surface area (Å²) in [5, 5.41) is 3.12. The Bertz CT molecular complexity index is 1170. The normalized spacial score (nSPS) is 15.7. The molecule has 0 spiro atoms. The van der Waals surface area contributed by atoms with E-state index in [4.69, 9.17) is 15.2 Å². The Labute approximate surface area is 175 Å². The van der Waals surface area contributed by atoms with Gasteiger partial charge in [0.05, 0.1) is 11.1 Å². The molecule has 1 heterocycles. The van der Waals surface area contributed by atoms with Crippen LogP contribution in [0.15, 0.2) is 54.6 Å². The summed E-state index contributed by atoms with van der Waals surface area (Å²) in [6.07, 6.45) is 1.63. The molecule has 5 rings (SSSR count). The Morgan fingerprint density at radius 1 is 0.933 bits per heavy atom. The van der Waals surface area contributed by atoms with Crippen molar-refractivity contribution < 1.29 is 14.3 Å². The fourth-order valence-electron chi connectivity index (χ4n) is 4.02. The summed E-state index contributed by atoms with van der Waals surface area (Å²) in [5.41, 5.74) is 13.9. The highest BCUT2D eigenvalue weighted by Crippen LogP contribution is 2.51. The number of hydrogen-bond donors (Lipinski definition) is 1. The number of rotatable bonds is 4. The van der Waals surface area contributed by atoms with Gasteiger partial charge in [-0.1, -0.05) is 24.3 Å². The van der Waals surface area contributed by atoms with Gasteiger partial charge in [0.15, 0.2) is 11.5 Å². The minimum absolute atomic E-state index is 0.00116. The van der Waals surface area contributed by atoms with Gasteiger partial charge in [-0.25, -0.2) is 0 Å². The van der Waals surface area contributed by atoms with Crippen molar-refractivity contribution in [1.82, 2.24) is 5.73 Å². The molecular weight excluding hydrogens is 376 g/mol. The first-order valence-electron chi connectivity index (χ1n) is 10.1. The van der Waals surface area contributed by atoms with E-state index in [0.717, 1.165) is 52.1 Å². The summed E-state index contributed by atoms with van der Waals surface area (Å²) in [4.78, 5) is 13.2. The molecule has 5 nitrogen and oxygen atoms in total. The third-order valence-corrected chi connectivity index (χ3v) is 6.15. The van der Waals surface area contributed by atoms with Crippen LogP contribution >= 0.6 is 0 Å². The van der Waals surface area contributed by atoms with Crippen LogP contribution in [-0.2, 0) is 10.2 Å². The average Bonchev–Trinajstić information content (AvgIpc) is 3.42. The van der Waals surface area contributed by atoms with Crippen LogP contribution in [0.2, 0.25) is 0 Å². The summed E-state index contributed by atoms with van der Waals surface area (Å²) < 4.78 is 10.9. The molecule has 151 valence electrons. The molecule has 5 heteroatoms. The molecule has 0 bridgehead atoms. The first-order valence-corrected chi connectivity index (χ1v) is 10.1. The van der Waals surface area contributed by atoms with E-state index in [1.807, 2.05) is 68.4 Å². The molecule has 1 amide bonds. The molecule has 0 atom stereocenters. The van der Waals surface area contributed by atoms with Crippen LogP contribution in [0.25, 0.3) is 11.1 Å². The van der Waals surface area contributed by atoms with E-state index in [1.54, 1.807) is 0 Å². The second kappa shape index (κ2) is 6.80. The van der Waals surface area contributed by atoms with Gasteiger partial charge in [0.1, 0.15) is 0 Å². The lowest BCUT2D eigenvalue weighted by atomic mass is 9.94. The van der Waals surface area contributed by atoms with Gasteiger partial charge in [-0.3, -0.25) is 4.79 Å².